The maximum Gasteiger partial charge on any atom is 0.0934 e. The monoisotopic (exact) mass is 342 g/mol. The fourth-order valence-electron chi connectivity index (χ4n) is 2.30. The Morgan fingerprint density at radius 3 is 2.86 bits per heavy atom. The van der Waals surface area contributed by atoms with E-state index in [2.05, 4.69) is 37.3 Å². The van der Waals surface area contributed by atoms with Gasteiger partial charge in [0.25, 0.3) is 0 Å². The van der Waals surface area contributed by atoms with Gasteiger partial charge in [-0.2, -0.15) is 0 Å². The van der Waals surface area contributed by atoms with Gasteiger partial charge in [-0.25, -0.2) is 0 Å². The summed E-state index contributed by atoms with van der Waals surface area (Å²) in [6, 6.07) is 12.1. The van der Waals surface area contributed by atoms with Crippen molar-refractivity contribution in [2.45, 2.75) is 6.04 Å². The number of hydrogen-bond donors (Lipinski definition) is 2. The summed E-state index contributed by atoms with van der Waals surface area (Å²) < 4.78 is 0.967. The highest BCUT2D eigenvalue weighted by Crippen LogP contribution is 2.26. The number of rotatable bonds is 4. The van der Waals surface area contributed by atoms with E-state index >= 15 is 0 Å². The highest BCUT2D eigenvalue weighted by Gasteiger charge is 2.11. The zero-order valence-electron chi connectivity index (χ0n) is 11.3. The summed E-state index contributed by atoms with van der Waals surface area (Å²) in [5, 5.41) is 4.54. The van der Waals surface area contributed by atoms with Crippen molar-refractivity contribution < 1.29 is 0 Å². The second kappa shape index (κ2) is 6.20. The van der Waals surface area contributed by atoms with E-state index in [4.69, 9.17) is 5.73 Å². The molecule has 0 fully saturated rings. The molecule has 21 heavy (non-hydrogen) atoms. The first-order chi connectivity index (χ1) is 10.3. The van der Waals surface area contributed by atoms with E-state index in [-0.39, 0.29) is 6.04 Å². The molecule has 3 N–H and O–H groups in total. The molecule has 2 heterocycles. The number of nitrogens with two attached hydrogens (primary N) is 1. The molecule has 0 saturated carbocycles. The SMILES string of the molecule is NCC(Nc1cccc2cc(Br)cnc12)c1cccnc1. The molecule has 4 nitrogen and oxygen atoms in total. The standard InChI is InChI=1S/C16H15BrN4/c17-13-7-11-3-1-5-14(16(11)20-10-13)21-15(8-18)12-4-2-6-19-9-12/h1-7,9-10,15,21H,8,18H2. The Labute approximate surface area is 131 Å². The topological polar surface area (TPSA) is 63.8 Å². The average Bonchev–Trinajstić information content (AvgIpc) is 2.53. The van der Waals surface area contributed by atoms with E-state index in [1.807, 2.05) is 36.5 Å². The smallest absolute Gasteiger partial charge is 0.0934 e. The number of aromatic nitrogens is 2. The lowest BCUT2D eigenvalue weighted by Gasteiger charge is -2.19. The van der Waals surface area contributed by atoms with E-state index in [9.17, 15) is 0 Å². The summed E-state index contributed by atoms with van der Waals surface area (Å²) in [6.45, 7) is 0.485. The molecule has 3 aromatic rings. The van der Waals surface area contributed by atoms with Crippen LogP contribution in [0.25, 0.3) is 10.9 Å². The van der Waals surface area contributed by atoms with Crippen molar-refractivity contribution in [3.05, 3.63) is 65.0 Å². The highest BCUT2D eigenvalue weighted by atomic mass is 79.9. The number of anilines is 1. The molecular weight excluding hydrogens is 328 g/mol. The average molecular weight is 343 g/mol. The van der Waals surface area contributed by atoms with Gasteiger partial charge in [0.1, 0.15) is 0 Å². The third kappa shape index (κ3) is 3.04. The van der Waals surface area contributed by atoms with Crippen LogP contribution in [0.1, 0.15) is 11.6 Å². The molecular formula is C16H15BrN4. The van der Waals surface area contributed by atoms with Gasteiger partial charge in [-0.15, -0.1) is 0 Å². The summed E-state index contributed by atoms with van der Waals surface area (Å²) in [6.07, 6.45) is 5.39. The lowest BCUT2D eigenvalue weighted by Crippen LogP contribution is -2.20. The van der Waals surface area contributed by atoms with Crippen LogP contribution in [0.2, 0.25) is 0 Å². The molecule has 0 aliphatic rings. The van der Waals surface area contributed by atoms with Crippen LogP contribution in [0.4, 0.5) is 5.69 Å². The van der Waals surface area contributed by atoms with Gasteiger partial charge >= 0.3 is 0 Å². The maximum absolute atomic E-state index is 5.90. The second-order valence-electron chi connectivity index (χ2n) is 4.75. The van der Waals surface area contributed by atoms with Crippen LogP contribution in [0.5, 0.6) is 0 Å². The lowest BCUT2D eigenvalue weighted by atomic mass is 10.1. The number of hydrogen-bond acceptors (Lipinski definition) is 4. The molecule has 0 radical (unpaired) electrons. The van der Waals surface area contributed by atoms with Gasteiger partial charge in [0, 0.05) is 35.0 Å². The molecule has 0 amide bonds. The van der Waals surface area contributed by atoms with Gasteiger partial charge in [-0.1, -0.05) is 18.2 Å². The predicted molar refractivity (Wildman–Crippen MR) is 89.1 cm³/mol. The van der Waals surface area contributed by atoms with Crippen molar-refractivity contribution in [2.24, 2.45) is 5.73 Å². The molecule has 1 aromatic carbocycles. The third-order valence-electron chi connectivity index (χ3n) is 3.33. The Morgan fingerprint density at radius 2 is 2.10 bits per heavy atom. The molecule has 106 valence electrons. The number of nitrogens with zero attached hydrogens (tertiary/aromatic N) is 2. The van der Waals surface area contributed by atoms with Crippen LogP contribution in [0.15, 0.2) is 59.5 Å². The summed E-state index contributed by atoms with van der Waals surface area (Å²) in [5.41, 5.74) is 8.87. The molecule has 2 aromatic heterocycles. The molecule has 0 saturated heterocycles. The number of benzene rings is 1. The number of pyridine rings is 2. The lowest BCUT2D eigenvalue weighted by molar-refractivity contribution is 0.786. The first-order valence-corrected chi connectivity index (χ1v) is 7.48. The third-order valence-corrected chi connectivity index (χ3v) is 3.76. The normalized spacial score (nSPS) is 12.3. The van der Waals surface area contributed by atoms with Crippen LogP contribution in [-0.2, 0) is 0 Å². The molecule has 1 atom stereocenters. The van der Waals surface area contributed by atoms with Gasteiger partial charge in [0.15, 0.2) is 0 Å². The van der Waals surface area contributed by atoms with Crippen LogP contribution in [0.3, 0.4) is 0 Å². The number of nitrogens with one attached hydrogen (secondary N) is 1. The number of halogens is 1. The van der Waals surface area contributed by atoms with Gasteiger partial charge in [-0.3, -0.25) is 9.97 Å². The van der Waals surface area contributed by atoms with Crippen molar-refractivity contribution >= 4 is 32.5 Å². The van der Waals surface area contributed by atoms with Crippen LogP contribution >= 0.6 is 15.9 Å². The minimum absolute atomic E-state index is 0.00902. The molecule has 0 aliphatic heterocycles. The van der Waals surface area contributed by atoms with E-state index < -0.39 is 0 Å². The Bertz CT molecular complexity index is 746. The Kier molecular flexibility index (Phi) is 4.13. The fourth-order valence-corrected chi connectivity index (χ4v) is 2.65. The van der Waals surface area contributed by atoms with Crippen LogP contribution < -0.4 is 11.1 Å². The van der Waals surface area contributed by atoms with Crippen molar-refractivity contribution in [3.63, 3.8) is 0 Å². The highest BCUT2D eigenvalue weighted by molar-refractivity contribution is 9.10. The summed E-state index contributed by atoms with van der Waals surface area (Å²) in [4.78, 5) is 8.65. The van der Waals surface area contributed by atoms with Gasteiger partial charge in [0.2, 0.25) is 0 Å². The molecule has 0 aliphatic carbocycles. The second-order valence-corrected chi connectivity index (χ2v) is 5.67. The van der Waals surface area contributed by atoms with Gasteiger partial charge < -0.3 is 11.1 Å². The van der Waals surface area contributed by atoms with Crippen molar-refractivity contribution in [1.82, 2.24) is 9.97 Å². The first-order valence-electron chi connectivity index (χ1n) is 6.69. The van der Waals surface area contributed by atoms with Crippen molar-refractivity contribution in [3.8, 4) is 0 Å². The summed E-state index contributed by atoms with van der Waals surface area (Å²) in [5.74, 6) is 0. The van der Waals surface area contributed by atoms with Crippen LogP contribution in [-0.4, -0.2) is 16.5 Å². The van der Waals surface area contributed by atoms with E-state index in [1.54, 1.807) is 12.4 Å². The van der Waals surface area contributed by atoms with E-state index in [0.29, 0.717) is 6.54 Å². The molecule has 0 spiro atoms. The molecule has 5 heteroatoms. The first kappa shape index (κ1) is 14.0. The molecule has 1 unspecified atom stereocenters. The largest absolute Gasteiger partial charge is 0.375 e. The number of fused-ring (bicyclic) bond motifs is 1. The Hall–Kier alpha value is -1.98. The van der Waals surface area contributed by atoms with Gasteiger partial charge in [-0.05, 0) is 39.7 Å². The van der Waals surface area contributed by atoms with E-state index in [0.717, 1.165) is 26.6 Å². The maximum atomic E-state index is 5.90. The molecule has 0 bridgehead atoms. The Morgan fingerprint density at radius 1 is 1.19 bits per heavy atom. The van der Waals surface area contributed by atoms with Gasteiger partial charge in [0.05, 0.1) is 17.2 Å². The minimum Gasteiger partial charge on any atom is -0.375 e. The quantitative estimate of drug-likeness (QED) is 0.761. The van der Waals surface area contributed by atoms with Crippen LogP contribution in [0, 0.1) is 0 Å². The van der Waals surface area contributed by atoms with Crippen molar-refractivity contribution in [2.75, 3.05) is 11.9 Å². The fraction of sp³-hybridized carbons (Fsp3) is 0.125. The van der Waals surface area contributed by atoms with E-state index in [1.165, 1.54) is 0 Å². The zero-order chi connectivity index (χ0) is 14.7. The summed E-state index contributed by atoms with van der Waals surface area (Å²) in [7, 11) is 0. The zero-order valence-corrected chi connectivity index (χ0v) is 12.9. The molecule has 3 rings (SSSR count). The number of para-hydroxylation sites is 1. The summed E-state index contributed by atoms with van der Waals surface area (Å²) >= 11 is 3.45. The minimum atomic E-state index is 0.00902. The van der Waals surface area contributed by atoms with Crippen molar-refractivity contribution in [1.29, 1.82) is 0 Å². The Balaban J connectivity index is 1.97. The predicted octanol–water partition coefficient (Wildman–Crippen LogP) is 3.50.